The molecule has 0 fully saturated rings. The van der Waals surface area contributed by atoms with Crippen molar-refractivity contribution in [1.82, 2.24) is 10.3 Å². The summed E-state index contributed by atoms with van der Waals surface area (Å²) in [7, 11) is 0. The standard InChI is InChI=1S/C18H15Cl2F3N4O3/c19-11-1-2-14-13(6-11)27(16(29)9-30-14)8-15(28)24-3-4-25-17-12(20)5-10(7-26-17)18(21,22)23/h1-2,5-7H,3-4,8-9H2,(H,24,28)(H,25,26). The zero-order valence-electron chi connectivity index (χ0n) is 15.2. The Balaban J connectivity index is 1.51. The van der Waals surface area contributed by atoms with Crippen molar-refractivity contribution in [3.8, 4) is 5.75 Å². The van der Waals surface area contributed by atoms with Gasteiger partial charge in [-0.3, -0.25) is 14.5 Å². The number of carbonyl (C=O) groups is 2. The average molecular weight is 463 g/mol. The van der Waals surface area contributed by atoms with Crippen molar-refractivity contribution >= 4 is 46.5 Å². The highest BCUT2D eigenvalue weighted by molar-refractivity contribution is 6.33. The van der Waals surface area contributed by atoms with Crippen molar-refractivity contribution in [2.75, 3.05) is 36.5 Å². The Morgan fingerprint density at radius 3 is 2.70 bits per heavy atom. The van der Waals surface area contributed by atoms with Crippen LogP contribution in [0.5, 0.6) is 5.75 Å². The van der Waals surface area contributed by atoms with Crippen LogP contribution in [0.4, 0.5) is 24.7 Å². The Morgan fingerprint density at radius 2 is 2.00 bits per heavy atom. The van der Waals surface area contributed by atoms with Gasteiger partial charge in [0.1, 0.15) is 18.1 Å². The van der Waals surface area contributed by atoms with E-state index in [1.54, 1.807) is 12.1 Å². The van der Waals surface area contributed by atoms with Crippen molar-refractivity contribution < 1.29 is 27.5 Å². The maximum absolute atomic E-state index is 12.6. The number of amides is 2. The molecule has 0 bridgehead atoms. The fourth-order valence-electron chi connectivity index (χ4n) is 2.65. The number of carbonyl (C=O) groups excluding carboxylic acids is 2. The van der Waals surface area contributed by atoms with Gasteiger partial charge in [-0.1, -0.05) is 23.2 Å². The molecular weight excluding hydrogens is 448 g/mol. The van der Waals surface area contributed by atoms with Crippen LogP contribution in [-0.4, -0.2) is 43.0 Å². The number of pyridine rings is 1. The first-order valence-electron chi connectivity index (χ1n) is 8.61. The van der Waals surface area contributed by atoms with Crippen LogP contribution in [0, 0.1) is 0 Å². The van der Waals surface area contributed by atoms with Gasteiger partial charge >= 0.3 is 6.18 Å². The topological polar surface area (TPSA) is 83.6 Å². The van der Waals surface area contributed by atoms with Crippen molar-refractivity contribution in [3.63, 3.8) is 0 Å². The van der Waals surface area contributed by atoms with E-state index in [0.29, 0.717) is 22.7 Å². The van der Waals surface area contributed by atoms with E-state index in [0.717, 1.165) is 6.07 Å². The minimum atomic E-state index is -4.54. The second kappa shape index (κ2) is 8.97. The summed E-state index contributed by atoms with van der Waals surface area (Å²) < 4.78 is 43.2. The van der Waals surface area contributed by atoms with Gasteiger partial charge in [-0.05, 0) is 24.3 Å². The van der Waals surface area contributed by atoms with Gasteiger partial charge in [0.25, 0.3) is 5.91 Å². The Hall–Kier alpha value is -2.72. The molecule has 2 N–H and O–H groups in total. The van der Waals surface area contributed by atoms with E-state index >= 15 is 0 Å². The smallest absolute Gasteiger partial charge is 0.417 e. The number of hydrogen-bond acceptors (Lipinski definition) is 5. The Morgan fingerprint density at radius 1 is 1.23 bits per heavy atom. The number of nitrogens with one attached hydrogen (secondary N) is 2. The van der Waals surface area contributed by atoms with E-state index < -0.39 is 23.6 Å². The molecule has 0 saturated carbocycles. The van der Waals surface area contributed by atoms with Gasteiger partial charge in [-0.2, -0.15) is 13.2 Å². The summed E-state index contributed by atoms with van der Waals surface area (Å²) in [5.41, 5.74) is -0.560. The molecule has 1 aliphatic heterocycles. The number of rotatable bonds is 6. The normalized spacial score (nSPS) is 13.5. The Kier molecular flexibility index (Phi) is 6.57. The van der Waals surface area contributed by atoms with E-state index in [4.69, 9.17) is 27.9 Å². The molecule has 2 aromatic rings. The second-order valence-corrected chi connectivity index (χ2v) is 7.05. The average Bonchev–Trinajstić information content (AvgIpc) is 2.67. The lowest BCUT2D eigenvalue weighted by Gasteiger charge is -2.29. The number of ether oxygens (including phenoxy) is 1. The fourth-order valence-corrected chi connectivity index (χ4v) is 3.05. The number of hydrogen-bond donors (Lipinski definition) is 2. The van der Waals surface area contributed by atoms with E-state index in [9.17, 15) is 22.8 Å². The maximum Gasteiger partial charge on any atom is 0.417 e. The van der Waals surface area contributed by atoms with Crippen LogP contribution in [0.3, 0.4) is 0 Å². The summed E-state index contributed by atoms with van der Waals surface area (Å²) in [4.78, 5) is 29.2. The van der Waals surface area contributed by atoms with Gasteiger partial charge in [0.15, 0.2) is 6.61 Å². The molecule has 12 heteroatoms. The van der Waals surface area contributed by atoms with Crippen LogP contribution in [0.2, 0.25) is 10.0 Å². The first kappa shape index (κ1) is 22.0. The van der Waals surface area contributed by atoms with Gasteiger partial charge in [0, 0.05) is 24.3 Å². The molecule has 0 saturated heterocycles. The van der Waals surface area contributed by atoms with Gasteiger partial charge in [-0.25, -0.2) is 4.98 Å². The molecule has 2 amide bonds. The largest absolute Gasteiger partial charge is 0.482 e. The Bertz CT molecular complexity index is 972. The van der Waals surface area contributed by atoms with E-state index in [-0.39, 0.29) is 37.1 Å². The highest BCUT2D eigenvalue weighted by Gasteiger charge is 2.31. The lowest BCUT2D eigenvalue weighted by atomic mass is 10.2. The third-order valence-corrected chi connectivity index (χ3v) is 4.60. The van der Waals surface area contributed by atoms with Gasteiger partial charge in [0.05, 0.1) is 16.3 Å². The summed E-state index contributed by atoms with van der Waals surface area (Å²) in [6, 6.07) is 5.52. The number of alkyl halides is 3. The molecule has 0 atom stereocenters. The second-order valence-electron chi connectivity index (χ2n) is 6.21. The monoisotopic (exact) mass is 462 g/mol. The maximum atomic E-state index is 12.6. The summed E-state index contributed by atoms with van der Waals surface area (Å²) in [6.45, 7) is -0.154. The number of aromatic nitrogens is 1. The third kappa shape index (κ3) is 5.25. The zero-order valence-corrected chi connectivity index (χ0v) is 16.7. The van der Waals surface area contributed by atoms with E-state index in [1.165, 1.54) is 11.0 Å². The first-order chi connectivity index (χ1) is 14.1. The van der Waals surface area contributed by atoms with Crippen molar-refractivity contribution in [1.29, 1.82) is 0 Å². The third-order valence-electron chi connectivity index (χ3n) is 4.07. The predicted octanol–water partition coefficient (Wildman–Crippen LogP) is 3.36. The SMILES string of the molecule is O=C(CN1C(=O)COc2ccc(Cl)cc21)NCCNc1ncc(C(F)(F)F)cc1Cl. The minimum absolute atomic E-state index is 0.0610. The molecule has 7 nitrogen and oxygen atoms in total. The van der Waals surface area contributed by atoms with E-state index in [2.05, 4.69) is 15.6 Å². The predicted molar refractivity (Wildman–Crippen MR) is 105 cm³/mol. The molecule has 0 spiro atoms. The molecule has 3 rings (SSSR count). The Labute approximate surface area is 179 Å². The lowest BCUT2D eigenvalue weighted by molar-refractivity contribution is -0.137. The van der Waals surface area contributed by atoms with Crippen LogP contribution in [0.15, 0.2) is 30.5 Å². The van der Waals surface area contributed by atoms with Gasteiger partial charge < -0.3 is 15.4 Å². The van der Waals surface area contributed by atoms with Crippen molar-refractivity contribution in [2.24, 2.45) is 0 Å². The molecule has 0 radical (unpaired) electrons. The number of fused-ring (bicyclic) bond motifs is 1. The zero-order chi connectivity index (χ0) is 21.9. The van der Waals surface area contributed by atoms with Gasteiger partial charge in [0.2, 0.25) is 5.91 Å². The number of benzene rings is 1. The number of nitrogens with zero attached hydrogens (tertiary/aromatic N) is 2. The van der Waals surface area contributed by atoms with Crippen LogP contribution < -0.4 is 20.3 Å². The summed E-state index contributed by atoms with van der Waals surface area (Å²) >= 11 is 11.8. The van der Waals surface area contributed by atoms with Crippen LogP contribution >= 0.6 is 23.2 Å². The molecular formula is C18H15Cl2F3N4O3. The fraction of sp³-hybridized carbons (Fsp3) is 0.278. The molecule has 2 heterocycles. The molecule has 1 aromatic heterocycles. The molecule has 160 valence electrons. The molecule has 0 unspecified atom stereocenters. The van der Waals surface area contributed by atoms with Crippen molar-refractivity contribution in [2.45, 2.75) is 6.18 Å². The quantitative estimate of drug-likeness (QED) is 0.643. The van der Waals surface area contributed by atoms with Gasteiger partial charge in [-0.15, -0.1) is 0 Å². The minimum Gasteiger partial charge on any atom is -0.482 e. The highest BCUT2D eigenvalue weighted by atomic mass is 35.5. The van der Waals surface area contributed by atoms with Crippen LogP contribution in [0.25, 0.3) is 0 Å². The molecule has 1 aromatic carbocycles. The van der Waals surface area contributed by atoms with Crippen LogP contribution in [0.1, 0.15) is 5.56 Å². The highest BCUT2D eigenvalue weighted by Crippen LogP contribution is 2.34. The van der Waals surface area contributed by atoms with E-state index in [1.807, 2.05) is 0 Å². The summed E-state index contributed by atoms with van der Waals surface area (Å²) in [5, 5.41) is 5.54. The summed E-state index contributed by atoms with van der Waals surface area (Å²) in [6.07, 6.45) is -3.87. The molecule has 0 aliphatic carbocycles. The van der Waals surface area contributed by atoms with Crippen LogP contribution in [-0.2, 0) is 15.8 Å². The molecule has 30 heavy (non-hydrogen) atoms. The molecule has 1 aliphatic rings. The van der Waals surface area contributed by atoms with Crippen molar-refractivity contribution in [3.05, 3.63) is 46.1 Å². The summed E-state index contributed by atoms with van der Waals surface area (Å²) in [5.74, 6) is -0.328. The lowest BCUT2D eigenvalue weighted by Crippen LogP contribution is -2.45. The number of halogens is 5. The first-order valence-corrected chi connectivity index (χ1v) is 9.37. The number of anilines is 2.